The largest absolute Gasteiger partial charge is 0.469 e. The topological polar surface area (TPSA) is 119 Å². The van der Waals surface area contributed by atoms with E-state index in [4.69, 9.17) is 4.18 Å². The summed E-state index contributed by atoms with van der Waals surface area (Å²) in [4.78, 5) is 23.2. The minimum Gasteiger partial charge on any atom is -0.469 e. The van der Waals surface area contributed by atoms with E-state index in [1.165, 1.54) is 19.1 Å². The Kier molecular flexibility index (Phi) is 4.68. The van der Waals surface area contributed by atoms with E-state index in [0.717, 1.165) is 12.7 Å². The number of esters is 1. The molecule has 1 aliphatic rings. The number of rotatable bonds is 5. The van der Waals surface area contributed by atoms with Gasteiger partial charge >= 0.3 is 16.1 Å². The monoisotopic (exact) mass is 355 g/mol. The molecule has 0 aliphatic carbocycles. The van der Waals surface area contributed by atoms with Crippen LogP contribution in [-0.2, 0) is 28.6 Å². The number of carbonyl (C=O) groups is 2. The van der Waals surface area contributed by atoms with Gasteiger partial charge in [0.25, 0.3) is 5.91 Å². The lowest BCUT2D eigenvalue weighted by Gasteiger charge is -2.22. The van der Waals surface area contributed by atoms with Crippen molar-refractivity contribution in [1.29, 1.82) is 0 Å². The van der Waals surface area contributed by atoms with Crippen LogP contribution in [0, 0.1) is 6.92 Å². The highest BCUT2D eigenvalue weighted by atomic mass is 32.2. The van der Waals surface area contributed by atoms with Gasteiger partial charge in [-0.15, -0.1) is 0 Å². The average molecular weight is 355 g/mol. The zero-order valence-electron chi connectivity index (χ0n) is 13.3. The molecule has 2 rings (SSSR count). The number of aliphatic hydroxyl groups is 1. The molecule has 0 spiro atoms. The predicted octanol–water partition coefficient (Wildman–Crippen LogP) is 0.356. The maximum Gasteiger partial charge on any atom is 0.339 e. The molecule has 24 heavy (non-hydrogen) atoms. The summed E-state index contributed by atoms with van der Waals surface area (Å²) in [6, 6.07) is 5.85. The standard InChI is InChI=1S/C15H17NO7S/c1-9-4-6-11(7-5-9)24(20,21)23-13-10(2)15(19,16-14(13)18)8-12(17)22-3/h4-7,19H,8H2,1-3H3,(H,16,18)/t15-/m1/s1. The quantitative estimate of drug-likeness (QED) is 0.578. The van der Waals surface area contributed by atoms with Gasteiger partial charge in [0, 0.05) is 5.57 Å². The van der Waals surface area contributed by atoms with Gasteiger partial charge in [-0.05, 0) is 26.0 Å². The second-order valence-corrected chi connectivity index (χ2v) is 6.92. The van der Waals surface area contributed by atoms with E-state index < -0.39 is 39.9 Å². The van der Waals surface area contributed by atoms with E-state index in [2.05, 4.69) is 10.1 Å². The fraction of sp³-hybridized carbons (Fsp3) is 0.333. The molecule has 1 heterocycles. The van der Waals surface area contributed by atoms with Crippen molar-refractivity contribution in [2.24, 2.45) is 0 Å². The first-order valence-corrected chi connectivity index (χ1v) is 8.34. The van der Waals surface area contributed by atoms with Crippen LogP contribution in [0.1, 0.15) is 18.9 Å². The van der Waals surface area contributed by atoms with Crippen molar-refractivity contribution in [3.63, 3.8) is 0 Å². The fourth-order valence-electron chi connectivity index (χ4n) is 2.12. The number of aryl methyl sites for hydroxylation is 1. The third kappa shape index (κ3) is 3.41. The molecule has 8 nitrogen and oxygen atoms in total. The van der Waals surface area contributed by atoms with E-state index in [9.17, 15) is 23.1 Å². The molecule has 0 saturated carbocycles. The molecule has 1 aliphatic heterocycles. The summed E-state index contributed by atoms with van der Waals surface area (Å²) in [7, 11) is -3.13. The van der Waals surface area contributed by atoms with Crippen LogP contribution in [0.5, 0.6) is 0 Å². The number of ether oxygens (including phenoxy) is 1. The Balaban J connectivity index is 2.33. The maximum atomic E-state index is 12.3. The highest BCUT2D eigenvalue weighted by molar-refractivity contribution is 7.86. The number of methoxy groups -OCH3 is 1. The van der Waals surface area contributed by atoms with Gasteiger partial charge in [0.05, 0.1) is 13.5 Å². The zero-order valence-corrected chi connectivity index (χ0v) is 14.1. The van der Waals surface area contributed by atoms with Crippen molar-refractivity contribution in [1.82, 2.24) is 5.32 Å². The molecule has 2 N–H and O–H groups in total. The Bertz CT molecular complexity index is 811. The average Bonchev–Trinajstić information content (AvgIpc) is 2.70. The lowest BCUT2D eigenvalue weighted by molar-refractivity contribution is -0.146. The first kappa shape index (κ1) is 18.0. The summed E-state index contributed by atoms with van der Waals surface area (Å²) in [5.74, 6) is -2.28. The van der Waals surface area contributed by atoms with Crippen LogP contribution in [-0.4, -0.2) is 38.2 Å². The van der Waals surface area contributed by atoms with Gasteiger partial charge in [-0.3, -0.25) is 9.59 Å². The lowest BCUT2D eigenvalue weighted by atomic mass is 10.0. The molecule has 1 aromatic rings. The first-order chi connectivity index (χ1) is 11.1. The van der Waals surface area contributed by atoms with Gasteiger partial charge in [-0.1, -0.05) is 17.7 Å². The number of nitrogens with one attached hydrogen (secondary N) is 1. The molecule has 130 valence electrons. The highest BCUT2D eigenvalue weighted by Crippen LogP contribution is 2.31. The SMILES string of the molecule is COC(=O)C[C@]1(O)NC(=O)C(OS(=O)(=O)c2ccc(C)cc2)=C1C. The molecule has 0 radical (unpaired) electrons. The van der Waals surface area contributed by atoms with Crippen molar-refractivity contribution in [3.05, 3.63) is 41.2 Å². The second-order valence-electron chi connectivity index (χ2n) is 5.37. The van der Waals surface area contributed by atoms with Crippen LogP contribution in [0.3, 0.4) is 0 Å². The van der Waals surface area contributed by atoms with Gasteiger partial charge in [0.1, 0.15) is 4.90 Å². The highest BCUT2D eigenvalue weighted by Gasteiger charge is 2.46. The van der Waals surface area contributed by atoms with Gasteiger partial charge in [0.15, 0.2) is 5.72 Å². The van der Waals surface area contributed by atoms with Gasteiger partial charge in [-0.2, -0.15) is 8.42 Å². The Labute approximate surface area is 139 Å². The smallest absolute Gasteiger partial charge is 0.339 e. The molecule has 0 fully saturated rings. The molecule has 1 amide bonds. The van der Waals surface area contributed by atoms with E-state index in [-0.39, 0.29) is 10.5 Å². The van der Waals surface area contributed by atoms with Crippen LogP contribution < -0.4 is 5.32 Å². The number of hydrogen-bond donors (Lipinski definition) is 2. The molecule has 9 heteroatoms. The summed E-state index contributed by atoms with van der Waals surface area (Å²) in [5, 5.41) is 12.5. The Morgan fingerprint density at radius 2 is 1.83 bits per heavy atom. The van der Waals surface area contributed by atoms with Gasteiger partial charge < -0.3 is 19.3 Å². The Hall–Kier alpha value is -2.39. The maximum absolute atomic E-state index is 12.3. The molecule has 1 aromatic carbocycles. The number of amides is 1. The van der Waals surface area contributed by atoms with Crippen LogP contribution in [0.4, 0.5) is 0 Å². The van der Waals surface area contributed by atoms with Crippen LogP contribution >= 0.6 is 0 Å². The Morgan fingerprint density at radius 1 is 1.25 bits per heavy atom. The molecular formula is C15H17NO7S. The summed E-state index contributed by atoms with van der Waals surface area (Å²) in [5.41, 5.74) is -1.31. The molecule has 0 unspecified atom stereocenters. The van der Waals surface area contributed by atoms with Crippen molar-refractivity contribution < 1.29 is 32.0 Å². The van der Waals surface area contributed by atoms with Crippen LogP contribution in [0.25, 0.3) is 0 Å². The number of carbonyl (C=O) groups excluding carboxylic acids is 2. The van der Waals surface area contributed by atoms with E-state index in [1.54, 1.807) is 19.1 Å². The van der Waals surface area contributed by atoms with E-state index >= 15 is 0 Å². The van der Waals surface area contributed by atoms with Crippen molar-refractivity contribution in [3.8, 4) is 0 Å². The first-order valence-electron chi connectivity index (χ1n) is 6.93. The van der Waals surface area contributed by atoms with E-state index in [1.807, 2.05) is 0 Å². The summed E-state index contributed by atoms with van der Waals surface area (Å²) in [6.07, 6.45) is -0.571. The molecular weight excluding hydrogens is 338 g/mol. The van der Waals surface area contributed by atoms with E-state index in [0.29, 0.717) is 0 Å². The third-order valence-electron chi connectivity index (χ3n) is 3.62. The number of hydrogen-bond acceptors (Lipinski definition) is 7. The fourth-order valence-corrected chi connectivity index (χ4v) is 3.10. The molecule has 0 bridgehead atoms. The van der Waals surface area contributed by atoms with Crippen molar-refractivity contribution in [2.75, 3.05) is 7.11 Å². The predicted molar refractivity (Wildman–Crippen MR) is 81.9 cm³/mol. The van der Waals surface area contributed by atoms with Crippen LogP contribution in [0.2, 0.25) is 0 Å². The third-order valence-corrected chi connectivity index (χ3v) is 4.85. The normalized spacial score (nSPS) is 20.8. The summed E-state index contributed by atoms with van der Waals surface area (Å²) < 4.78 is 33.9. The minimum atomic E-state index is -4.26. The number of benzene rings is 1. The molecule has 1 atom stereocenters. The molecule has 0 aromatic heterocycles. The van der Waals surface area contributed by atoms with Gasteiger partial charge in [0.2, 0.25) is 5.76 Å². The van der Waals surface area contributed by atoms with Gasteiger partial charge in [-0.25, -0.2) is 0 Å². The summed E-state index contributed by atoms with van der Waals surface area (Å²) >= 11 is 0. The zero-order chi connectivity index (χ0) is 18.1. The Morgan fingerprint density at radius 3 is 2.38 bits per heavy atom. The lowest BCUT2D eigenvalue weighted by Crippen LogP contribution is -2.45. The summed E-state index contributed by atoms with van der Waals surface area (Å²) in [6.45, 7) is 3.09. The molecule has 0 saturated heterocycles. The van der Waals surface area contributed by atoms with Crippen molar-refractivity contribution in [2.45, 2.75) is 30.9 Å². The minimum absolute atomic E-state index is 0.117. The van der Waals surface area contributed by atoms with Crippen LogP contribution in [0.15, 0.2) is 40.5 Å². The second kappa shape index (κ2) is 6.25. The van der Waals surface area contributed by atoms with Crippen molar-refractivity contribution >= 4 is 22.0 Å².